The SMILES string of the molecule is CCS(CC)(CC)c1cc2ccccc2n1C. The van der Waals surface area contributed by atoms with Crippen molar-refractivity contribution in [2.75, 3.05) is 17.3 Å². The fourth-order valence-electron chi connectivity index (χ4n) is 2.74. The van der Waals surface area contributed by atoms with Gasteiger partial charge in [-0.05, 0) is 29.4 Å². The Labute approximate surface area is 106 Å². The van der Waals surface area contributed by atoms with Crippen molar-refractivity contribution in [3.05, 3.63) is 30.3 Å². The highest BCUT2D eigenvalue weighted by Crippen LogP contribution is 2.55. The Morgan fingerprint density at radius 3 is 2.12 bits per heavy atom. The number of rotatable bonds is 4. The summed E-state index contributed by atoms with van der Waals surface area (Å²) >= 11 is 0. The van der Waals surface area contributed by atoms with E-state index >= 15 is 0 Å². The minimum absolute atomic E-state index is 0.618. The predicted octanol–water partition coefficient (Wildman–Crippen LogP) is 4.40. The Balaban J connectivity index is 2.65. The number of benzene rings is 1. The molecule has 1 aromatic heterocycles. The van der Waals surface area contributed by atoms with Crippen LogP contribution in [-0.4, -0.2) is 21.8 Å². The van der Waals surface area contributed by atoms with Crippen molar-refractivity contribution in [1.82, 2.24) is 4.57 Å². The van der Waals surface area contributed by atoms with E-state index in [4.69, 9.17) is 0 Å². The molecule has 2 aromatic rings. The van der Waals surface area contributed by atoms with E-state index < -0.39 is 10.0 Å². The zero-order chi connectivity index (χ0) is 12.5. The molecule has 0 radical (unpaired) electrons. The second kappa shape index (κ2) is 4.77. The summed E-state index contributed by atoms with van der Waals surface area (Å²) in [6.07, 6.45) is 0. The Morgan fingerprint density at radius 2 is 1.59 bits per heavy atom. The van der Waals surface area contributed by atoms with E-state index in [1.165, 1.54) is 28.2 Å². The third-order valence-corrected chi connectivity index (χ3v) is 8.60. The maximum atomic E-state index is 2.42. The van der Waals surface area contributed by atoms with E-state index in [9.17, 15) is 0 Å². The first-order valence-electron chi connectivity index (χ1n) is 6.49. The Kier molecular flexibility index (Phi) is 3.53. The third-order valence-electron chi connectivity index (χ3n) is 4.01. The average molecular weight is 249 g/mol. The van der Waals surface area contributed by atoms with Crippen LogP contribution < -0.4 is 0 Å². The van der Waals surface area contributed by atoms with Gasteiger partial charge in [-0.2, -0.15) is 0 Å². The fourth-order valence-corrected chi connectivity index (χ4v) is 5.90. The molecule has 0 saturated carbocycles. The molecule has 0 saturated heterocycles. The first-order chi connectivity index (χ1) is 8.18. The Morgan fingerprint density at radius 1 is 1.00 bits per heavy atom. The van der Waals surface area contributed by atoms with Gasteiger partial charge in [0.2, 0.25) is 0 Å². The van der Waals surface area contributed by atoms with E-state index in [0.29, 0.717) is 0 Å². The van der Waals surface area contributed by atoms with Crippen LogP contribution in [0.4, 0.5) is 0 Å². The lowest BCUT2D eigenvalue weighted by molar-refractivity contribution is 0.851. The minimum Gasteiger partial charge on any atom is -0.340 e. The highest BCUT2D eigenvalue weighted by atomic mass is 32.3. The van der Waals surface area contributed by atoms with Gasteiger partial charge in [-0.1, -0.05) is 39.0 Å². The molecule has 2 rings (SSSR count). The molecule has 0 fully saturated rings. The van der Waals surface area contributed by atoms with Crippen molar-refractivity contribution >= 4 is 20.9 Å². The molecule has 0 aliphatic rings. The van der Waals surface area contributed by atoms with Gasteiger partial charge in [-0.15, -0.1) is 0 Å². The summed E-state index contributed by atoms with van der Waals surface area (Å²) in [6.45, 7) is 7.04. The van der Waals surface area contributed by atoms with Crippen LogP contribution in [0.1, 0.15) is 20.8 Å². The zero-order valence-electron chi connectivity index (χ0n) is 11.4. The van der Waals surface area contributed by atoms with E-state index in [-0.39, 0.29) is 0 Å². The van der Waals surface area contributed by atoms with Crippen molar-refractivity contribution in [3.63, 3.8) is 0 Å². The molecular weight excluding hydrogens is 226 g/mol. The molecule has 0 bridgehead atoms. The van der Waals surface area contributed by atoms with Crippen molar-refractivity contribution in [1.29, 1.82) is 0 Å². The second-order valence-corrected chi connectivity index (χ2v) is 8.75. The van der Waals surface area contributed by atoms with Crippen LogP contribution in [0.5, 0.6) is 0 Å². The summed E-state index contributed by atoms with van der Waals surface area (Å²) in [5.74, 6) is 3.89. The molecule has 0 spiro atoms. The molecule has 0 N–H and O–H groups in total. The van der Waals surface area contributed by atoms with Crippen LogP contribution in [0.15, 0.2) is 35.4 Å². The average Bonchev–Trinajstić information content (AvgIpc) is 2.72. The Hall–Kier alpha value is -0.890. The highest BCUT2D eigenvalue weighted by molar-refractivity contribution is 8.33. The molecular formula is C15H23NS. The van der Waals surface area contributed by atoms with E-state index in [2.05, 4.69) is 62.7 Å². The smallest absolute Gasteiger partial charge is 0.0583 e. The van der Waals surface area contributed by atoms with E-state index in [1.54, 1.807) is 5.03 Å². The number of aryl methyl sites for hydroxylation is 1. The molecule has 1 nitrogen and oxygen atoms in total. The monoisotopic (exact) mass is 249 g/mol. The van der Waals surface area contributed by atoms with Gasteiger partial charge in [-0.25, -0.2) is 10.0 Å². The number of hydrogen-bond acceptors (Lipinski definition) is 0. The Bertz CT molecular complexity index is 500. The third kappa shape index (κ3) is 1.89. The number of nitrogens with zero attached hydrogens (tertiary/aromatic N) is 1. The zero-order valence-corrected chi connectivity index (χ0v) is 12.2. The normalized spacial score (nSPS) is 13.2. The van der Waals surface area contributed by atoms with Gasteiger partial charge in [0.15, 0.2) is 0 Å². The van der Waals surface area contributed by atoms with E-state index in [1.807, 2.05) is 0 Å². The largest absolute Gasteiger partial charge is 0.340 e. The summed E-state index contributed by atoms with van der Waals surface area (Å²) in [7, 11) is 1.60. The van der Waals surface area contributed by atoms with Gasteiger partial charge in [0, 0.05) is 18.0 Å². The number of aromatic nitrogens is 1. The summed E-state index contributed by atoms with van der Waals surface area (Å²) in [5, 5.41) is 2.96. The molecule has 2 heteroatoms. The summed E-state index contributed by atoms with van der Waals surface area (Å²) in [6, 6.07) is 11.1. The molecule has 1 heterocycles. The lowest BCUT2D eigenvalue weighted by atomic mass is 10.2. The minimum atomic E-state index is -0.618. The first-order valence-corrected chi connectivity index (χ1v) is 8.63. The van der Waals surface area contributed by atoms with E-state index in [0.717, 1.165) is 0 Å². The van der Waals surface area contributed by atoms with Crippen LogP contribution in [0.25, 0.3) is 10.9 Å². The molecule has 0 unspecified atom stereocenters. The van der Waals surface area contributed by atoms with Crippen LogP contribution in [0.2, 0.25) is 0 Å². The topological polar surface area (TPSA) is 4.93 Å². The van der Waals surface area contributed by atoms with Crippen LogP contribution in [0, 0.1) is 0 Å². The number of hydrogen-bond donors (Lipinski definition) is 0. The highest BCUT2D eigenvalue weighted by Gasteiger charge is 2.24. The molecule has 0 aliphatic heterocycles. The molecule has 17 heavy (non-hydrogen) atoms. The fraction of sp³-hybridized carbons (Fsp3) is 0.467. The van der Waals surface area contributed by atoms with Gasteiger partial charge >= 0.3 is 0 Å². The molecule has 1 aromatic carbocycles. The lowest BCUT2D eigenvalue weighted by Gasteiger charge is -2.37. The van der Waals surface area contributed by atoms with Crippen molar-refractivity contribution < 1.29 is 0 Å². The standard InChI is InChI=1S/C15H23NS/c1-5-17(6-2,7-3)15-12-13-10-8-9-11-14(13)16(15)4/h8-12H,5-7H2,1-4H3. The van der Waals surface area contributed by atoms with Crippen LogP contribution >= 0.6 is 10.0 Å². The maximum Gasteiger partial charge on any atom is 0.0583 e. The molecule has 0 amide bonds. The second-order valence-electron chi connectivity index (χ2n) is 4.51. The van der Waals surface area contributed by atoms with Crippen molar-refractivity contribution in [2.45, 2.75) is 25.8 Å². The van der Waals surface area contributed by atoms with Crippen LogP contribution in [-0.2, 0) is 7.05 Å². The summed E-state index contributed by atoms with van der Waals surface area (Å²) in [5.41, 5.74) is 1.37. The molecule has 0 atom stereocenters. The summed E-state index contributed by atoms with van der Waals surface area (Å²) < 4.78 is 2.42. The van der Waals surface area contributed by atoms with Gasteiger partial charge in [-0.3, -0.25) is 0 Å². The van der Waals surface area contributed by atoms with Gasteiger partial charge in [0.05, 0.1) is 5.03 Å². The van der Waals surface area contributed by atoms with Crippen LogP contribution in [0.3, 0.4) is 0 Å². The predicted molar refractivity (Wildman–Crippen MR) is 80.4 cm³/mol. The number of para-hydroxylation sites is 1. The van der Waals surface area contributed by atoms with Gasteiger partial charge in [0.25, 0.3) is 0 Å². The quantitative estimate of drug-likeness (QED) is 0.757. The lowest BCUT2D eigenvalue weighted by Crippen LogP contribution is -2.12. The summed E-state index contributed by atoms with van der Waals surface area (Å²) in [4.78, 5) is 0. The maximum absolute atomic E-state index is 2.42. The molecule has 0 aliphatic carbocycles. The van der Waals surface area contributed by atoms with Gasteiger partial charge in [0.1, 0.15) is 0 Å². The van der Waals surface area contributed by atoms with Gasteiger partial charge < -0.3 is 4.57 Å². The number of fused-ring (bicyclic) bond motifs is 1. The first kappa shape index (κ1) is 12.6. The molecule has 94 valence electrons. The van der Waals surface area contributed by atoms with Crippen molar-refractivity contribution in [2.24, 2.45) is 7.05 Å². The van der Waals surface area contributed by atoms with Crippen molar-refractivity contribution in [3.8, 4) is 0 Å².